The molecule has 0 atom stereocenters. The number of para-hydroxylation sites is 5. The van der Waals surface area contributed by atoms with E-state index in [-0.39, 0.29) is 0 Å². The topological polar surface area (TPSA) is 201 Å². The average Bonchev–Trinajstić information content (AvgIpc) is 1.69. The molecular formula is C78H71N13O7. The maximum atomic E-state index is 5.73. The molecule has 0 N–H and O–H groups in total. The number of aromatic nitrogens is 13. The molecule has 0 bridgehead atoms. The Bertz CT molecular complexity index is 5750. The normalized spacial score (nSPS) is 11.6. The first-order valence-corrected chi connectivity index (χ1v) is 32.3. The summed E-state index contributed by atoms with van der Waals surface area (Å²) in [4.78, 5) is 26.5. The molecule has 20 heteroatoms. The summed E-state index contributed by atoms with van der Waals surface area (Å²) in [7, 11) is 2.04. The molecule has 0 aliphatic heterocycles. The Labute approximate surface area is 559 Å². The third-order valence-electron chi connectivity index (χ3n) is 18.6. The zero-order valence-corrected chi connectivity index (χ0v) is 56.9. The summed E-state index contributed by atoms with van der Waals surface area (Å²) < 4.78 is 53.6. The Morgan fingerprint density at radius 1 is 0.316 bits per heavy atom. The zero-order chi connectivity index (χ0) is 67.9. The van der Waals surface area contributed by atoms with Gasteiger partial charge in [-0.15, -0.1) is 0 Å². The third kappa shape index (κ3) is 10.6. The highest BCUT2D eigenvalue weighted by atomic mass is 16.4. The lowest BCUT2D eigenvalue weighted by molar-refractivity contribution is 0.560. The second kappa shape index (κ2) is 24.5. The fourth-order valence-corrected chi connectivity index (χ4v) is 12.5. The van der Waals surface area contributed by atoms with E-state index in [0.29, 0.717) is 11.7 Å². The maximum absolute atomic E-state index is 5.73. The third-order valence-corrected chi connectivity index (χ3v) is 18.6. The van der Waals surface area contributed by atoms with Crippen LogP contribution in [0.15, 0.2) is 207 Å². The molecule has 0 saturated heterocycles. The van der Waals surface area contributed by atoms with Crippen LogP contribution in [0.25, 0.3) is 123 Å². The molecular weight excluding hydrogens is 1230 g/mol. The predicted molar refractivity (Wildman–Crippen MR) is 384 cm³/mol. The summed E-state index contributed by atoms with van der Waals surface area (Å²) >= 11 is 0. The van der Waals surface area contributed by atoms with Gasteiger partial charge in [-0.05, 0) is 169 Å². The van der Waals surface area contributed by atoms with E-state index < -0.39 is 0 Å². The lowest BCUT2D eigenvalue weighted by Gasteiger charge is -1.94. The molecule has 3 aromatic carbocycles. The fraction of sp³-hybridized carbons (Fsp3) is 0.179. The van der Waals surface area contributed by atoms with Gasteiger partial charge in [-0.2, -0.15) is 19.9 Å². The van der Waals surface area contributed by atoms with Crippen molar-refractivity contribution in [2.45, 2.75) is 90.0 Å². The number of furan rings is 5. The van der Waals surface area contributed by atoms with Crippen LogP contribution < -0.4 is 0 Å². The summed E-state index contributed by atoms with van der Waals surface area (Å²) in [6.07, 6.45) is 9.98. The number of rotatable bonds is 0. The van der Waals surface area contributed by atoms with Crippen molar-refractivity contribution < 1.29 is 30.9 Å². The van der Waals surface area contributed by atoms with Crippen LogP contribution in [0, 0.1) is 90.0 Å². The van der Waals surface area contributed by atoms with Gasteiger partial charge in [0.2, 0.25) is 22.9 Å². The van der Waals surface area contributed by atoms with E-state index in [0.717, 1.165) is 158 Å². The van der Waals surface area contributed by atoms with Gasteiger partial charge in [0, 0.05) is 88.1 Å². The van der Waals surface area contributed by atoms with Crippen LogP contribution in [0.5, 0.6) is 0 Å². The second-order valence-corrected chi connectivity index (χ2v) is 24.5. The number of pyridine rings is 4. The number of oxazole rings is 2. The molecule has 21 aromatic rings. The number of nitrogens with zero attached hydrogens (tertiary/aromatic N) is 13. The van der Waals surface area contributed by atoms with Gasteiger partial charge in [-0.25, -0.2) is 9.97 Å². The lowest BCUT2D eigenvalue weighted by Crippen LogP contribution is -1.86. The molecule has 0 radical (unpaired) electrons. The number of aryl methyl sites for hydroxylation is 14. The van der Waals surface area contributed by atoms with Crippen molar-refractivity contribution in [1.29, 1.82) is 0 Å². The molecule has 18 aromatic heterocycles. The minimum absolute atomic E-state index is 0.682. The predicted octanol–water partition coefficient (Wildman–Crippen LogP) is 19.4. The largest absolute Gasteiger partial charge is 0.454 e. The molecule has 98 heavy (non-hydrogen) atoms. The van der Waals surface area contributed by atoms with Crippen LogP contribution in [-0.4, -0.2) is 60.9 Å². The van der Waals surface area contributed by atoms with E-state index in [1.54, 1.807) is 0 Å². The Morgan fingerprint density at radius 2 is 0.694 bits per heavy atom. The molecule has 490 valence electrons. The van der Waals surface area contributed by atoms with Gasteiger partial charge < -0.3 is 35.5 Å². The molecule has 0 aliphatic carbocycles. The Hall–Kier alpha value is -12.3. The summed E-state index contributed by atoms with van der Waals surface area (Å²) in [5.74, 6) is 5.14. The highest BCUT2D eigenvalue weighted by molar-refractivity contribution is 6.06. The molecule has 18 heterocycles. The monoisotopic (exact) mass is 1300 g/mol. The minimum Gasteiger partial charge on any atom is -0.454 e. The van der Waals surface area contributed by atoms with Gasteiger partial charge in [0.15, 0.2) is 16.7 Å². The van der Waals surface area contributed by atoms with Crippen LogP contribution in [0.4, 0.5) is 0 Å². The van der Waals surface area contributed by atoms with Crippen molar-refractivity contribution in [3.63, 3.8) is 0 Å². The highest BCUT2D eigenvalue weighted by Crippen LogP contribution is 2.33. The van der Waals surface area contributed by atoms with Gasteiger partial charge in [-0.1, -0.05) is 66.7 Å². The van der Waals surface area contributed by atoms with Crippen LogP contribution in [-0.2, 0) is 7.05 Å². The van der Waals surface area contributed by atoms with Crippen molar-refractivity contribution in [3.8, 4) is 0 Å². The molecule has 0 fully saturated rings. The van der Waals surface area contributed by atoms with Crippen LogP contribution in [0.3, 0.4) is 0 Å². The van der Waals surface area contributed by atoms with E-state index in [2.05, 4.69) is 84.0 Å². The van der Waals surface area contributed by atoms with Gasteiger partial charge >= 0.3 is 11.7 Å². The Morgan fingerprint density at radius 3 is 1.14 bits per heavy atom. The minimum atomic E-state index is 0.682. The van der Waals surface area contributed by atoms with E-state index >= 15 is 0 Å². The van der Waals surface area contributed by atoms with Crippen molar-refractivity contribution in [2.24, 2.45) is 7.05 Å². The van der Waals surface area contributed by atoms with E-state index in [1.165, 1.54) is 27.6 Å². The van der Waals surface area contributed by atoms with E-state index in [9.17, 15) is 0 Å². The van der Waals surface area contributed by atoms with Crippen molar-refractivity contribution in [3.05, 3.63) is 250 Å². The molecule has 20 nitrogen and oxygen atoms in total. The van der Waals surface area contributed by atoms with Crippen LogP contribution in [0.2, 0.25) is 0 Å². The molecule has 0 unspecified atom stereocenters. The summed E-state index contributed by atoms with van der Waals surface area (Å²) in [5.41, 5.74) is 27.0. The number of fused-ring (bicyclic) bond motifs is 21. The number of hydrogen-bond acceptors (Lipinski definition) is 13. The average molecular weight is 1300 g/mol. The zero-order valence-electron chi connectivity index (χ0n) is 56.9. The van der Waals surface area contributed by atoms with Crippen molar-refractivity contribution >= 4 is 123 Å². The molecule has 21 rings (SSSR count). The van der Waals surface area contributed by atoms with E-state index in [1.807, 2.05) is 251 Å². The first-order chi connectivity index (χ1) is 47.4. The SMILES string of the molecule is Cc1c2c(cn1C)oc1ccccc12.Cc1nc2oc3ccccc3n2c1C.Cc1nc2oc3ccccc3n2c1C.Cc1oc2c(nc3ccccn32)c1C.Cc1oc2c(nc3ccccn32)c1C.Cc1oc2nc3ccccn3c2c1C.Cc1oc2nc3ccccn3c2c1C. The Kier molecular flexibility index (Phi) is 15.4. The van der Waals surface area contributed by atoms with Gasteiger partial charge in [-0.3, -0.25) is 26.4 Å². The van der Waals surface area contributed by atoms with E-state index in [4.69, 9.17) is 30.9 Å². The second-order valence-electron chi connectivity index (χ2n) is 24.5. The number of benzene rings is 3. The maximum Gasteiger partial charge on any atom is 0.307 e. The first-order valence-electron chi connectivity index (χ1n) is 32.3. The first kappa shape index (κ1) is 61.8. The number of hydrogen-bond donors (Lipinski definition) is 0. The quantitative estimate of drug-likeness (QED) is 0.139. The summed E-state index contributed by atoms with van der Waals surface area (Å²) in [5, 5.41) is 2.45. The lowest BCUT2D eigenvalue weighted by atomic mass is 10.2. The standard InChI is InChI=1S/C12H11NO.6C11H10N2O/c1-8-12-9-5-3-4-6-10(9)14-11(12)7-13(8)2;2*1-7-8(2)14-11-10(7)13-6-4-3-5-9(13)12-11;2*1-7-8(2)14-11-10(7)12-9-5-3-4-6-13(9)11;2*1-7-8(2)13-9-5-3-4-6-10(9)14-11(13)12-7/h3-7H,1-2H3;6*3-6H,1-2H3. The smallest absolute Gasteiger partial charge is 0.307 e. The Balaban J connectivity index is 0.0000000933. The van der Waals surface area contributed by atoms with Crippen LogP contribution >= 0.6 is 0 Å². The summed E-state index contributed by atoms with van der Waals surface area (Å²) in [6.45, 7) is 26.3. The van der Waals surface area contributed by atoms with Gasteiger partial charge in [0.05, 0.1) is 22.4 Å². The van der Waals surface area contributed by atoms with Crippen molar-refractivity contribution in [2.75, 3.05) is 0 Å². The molecule has 0 saturated carbocycles. The highest BCUT2D eigenvalue weighted by Gasteiger charge is 2.19. The molecule has 0 aliphatic rings. The molecule has 0 spiro atoms. The number of imidazole rings is 6. The van der Waals surface area contributed by atoms with Crippen LogP contribution in [0.1, 0.15) is 73.8 Å². The molecule has 0 amide bonds. The fourth-order valence-electron chi connectivity index (χ4n) is 12.5. The van der Waals surface area contributed by atoms with Gasteiger partial charge in [0.1, 0.15) is 73.3 Å². The van der Waals surface area contributed by atoms with Crippen molar-refractivity contribution in [1.82, 2.24) is 60.9 Å². The summed E-state index contributed by atoms with van der Waals surface area (Å²) in [6, 6.07) is 47.8. The van der Waals surface area contributed by atoms with Gasteiger partial charge in [0.25, 0.3) is 0 Å².